The minimum atomic E-state index is -0.586. The van der Waals surface area contributed by atoms with Gasteiger partial charge in [-0.3, -0.25) is 0 Å². The van der Waals surface area contributed by atoms with E-state index in [-0.39, 0.29) is 5.75 Å². The van der Waals surface area contributed by atoms with Crippen molar-refractivity contribution >= 4 is 33.4 Å². The van der Waals surface area contributed by atoms with Crippen molar-refractivity contribution < 1.29 is 14.6 Å². The zero-order valence-electron chi connectivity index (χ0n) is 16.1. The van der Waals surface area contributed by atoms with E-state index in [1.165, 1.54) is 11.8 Å². The zero-order chi connectivity index (χ0) is 21.1. The number of thioether (sulfide) groups is 1. The van der Waals surface area contributed by atoms with Crippen LogP contribution in [0.4, 0.5) is 5.69 Å². The molecule has 0 bridgehead atoms. The largest absolute Gasteiger partial charge is 0.503 e. The Hall–Kier alpha value is -2.78. The van der Waals surface area contributed by atoms with Crippen LogP contribution in [0.5, 0.6) is 17.4 Å². The molecule has 1 aliphatic heterocycles. The van der Waals surface area contributed by atoms with Crippen LogP contribution in [0.1, 0.15) is 18.7 Å². The first-order chi connectivity index (χ1) is 14.6. The molecule has 154 valence electrons. The molecule has 1 aliphatic rings. The van der Waals surface area contributed by atoms with E-state index in [2.05, 4.69) is 43.0 Å². The fraction of sp³-hybridized carbons (Fsp3) is 0.190. The molecule has 0 aliphatic carbocycles. The third kappa shape index (κ3) is 4.08. The maximum absolute atomic E-state index is 10.3. The second kappa shape index (κ2) is 8.93. The maximum Gasteiger partial charge on any atom is 0.247 e. The van der Waals surface area contributed by atoms with E-state index in [4.69, 9.17) is 9.47 Å². The number of fused-ring (bicyclic) bond motifs is 3. The molecule has 0 amide bonds. The Morgan fingerprint density at radius 1 is 1.33 bits per heavy atom. The van der Waals surface area contributed by atoms with Crippen molar-refractivity contribution in [2.45, 2.75) is 18.3 Å². The van der Waals surface area contributed by atoms with Crippen LogP contribution in [-0.2, 0) is 0 Å². The lowest BCUT2D eigenvalue weighted by Gasteiger charge is -2.21. The van der Waals surface area contributed by atoms with Crippen LogP contribution in [0.2, 0.25) is 0 Å². The summed E-state index contributed by atoms with van der Waals surface area (Å²) in [6.45, 7) is 6.01. The van der Waals surface area contributed by atoms with Gasteiger partial charge in [0.15, 0.2) is 23.4 Å². The standard InChI is InChI=1S/C21H19BrN4O3S/c1-3-9-30-21-24-20-17(25-26-21)13-7-5-6-8-15(13)23-19(29-20)12-10-14(22)18(27)16(11-12)28-4-2/h3,5-8,10-11,19,23,27H,1,4,9H2,2H3/t19-/m0/s1. The lowest BCUT2D eigenvalue weighted by atomic mass is 10.1. The molecule has 30 heavy (non-hydrogen) atoms. The summed E-state index contributed by atoms with van der Waals surface area (Å²) >= 11 is 4.82. The number of hydrogen-bond donors (Lipinski definition) is 2. The number of nitrogens with zero attached hydrogens (tertiary/aromatic N) is 3. The van der Waals surface area contributed by atoms with E-state index >= 15 is 0 Å². The topological polar surface area (TPSA) is 89.4 Å². The van der Waals surface area contributed by atoms with Gasteiger partial charge in [0, 0.05) is 22.6 Å². The number of ether oxygens (including phenoxy) is 2. The summed E-state index contributed by atoms with van der Waals surface area (Å²) in [7, 11) is 0. The zero-order valence-corrected chi connectivity index (χ0v) is 18.5. The smallest absolute Gasteiger partial charge is 0.247 e. The average molecular weight is 487 g/mol. The van der Waals surface area contributed by atoms with E-state index < -0.39 is 6.23 Å². The highest BCUT2D eigenvalue weighted by Crippen LogP contribution is 2.42. The first kappa shape index (κ1) is 20.5. The van der Waals surface area contributed by atoms with Gasteiger partial charge in [-0.05, 0) is 41.1 Å². The molecule has 2 aromatic carbocycles. The summed E-state index contributed by atoms with van der Waals surface area (Å²) < 4.78 is 12.3. The second-order valence-electron chi connectivity index (χ2n) is 6.32. The molecule has 1 atom stereocenters. The van der Waals surface area contributed by atoms with E-state index in [1.807, 2.05) is 31.2 Å². The summed E-state index contributed by atoms with van der Waals surface area (Å²) in [5, 5.41) is 22.8. The van der Waals surface area contributed by atoms with Crippen LogP contribution >= 0.6 is 27.7 Å². The summed E-state index contributed by atoms with van der Waals surface area (Å²) in [6, 6.07) is 11.3. The van der Waals surface area contributed by atoms with Crippen LogP contribution < -0.4 is 14.8 Å². The lowest BCUT2D eigenvalue weighted by Crippen LogP contribution is -2.17. The van der Waals surface area contributed by atoms with Gasteiger partial charge in [0.25, 0.3) is 0 Å². The van der Waals surface area contributed by atoms with Crippen molar-refractivity contribution in [2.24, 2.45) is 0 Å². The van der Waals surface area contributed by atoms with E-state index in [0.29, 0.717) is 39.3 Å². The molecule has 2 N–H and O–H groups in total. The Labute approximate surface area is 186 Å². The third-order valence-electron chi connectivity index (χ3n) is 4.32. The van der Waals surface area contributed by atoms with Crippen molar-refractivity contribution in [3.63, 3.8) is 0 Å². The van der Waals surface area contributed by atoms with Gasteiger partial charge < -0.3 is 19.9 Å². The Morgan fingerprint density at radius 3 is 2.97 bits per heavy atom. The quantitative estimate of drug-likeness (QED) is 0.363. The number of rotatable bonds is 6. The number of aromatic hydroxyl groups is 1. The van der Waals surface area contributed by atoms with Crippen molar-refractivity contribution in [2.75, 3.05) is 17.7 Å². The number of nitrogens with one attached hydrogen (secondary N) is 1. The normalized spacial score (nSPS) is 14.5. The highest BCUT2D eigenvalue weighted by Gasteiger charge is 2.27. The minimum absolute atomic E-state index is 0.0436. The predicted molar refractivity (Wildman–Crippen MR) is 120 cm³/mol. The average Bonchev–Trinajstić information content (AvgIpc) is 2.92. The molecule has 2 heterocycles. The summed E-state index contributed by atoms with van der Waals surface area (Å²) in [5.74, 6) is 1.46. The van der Waals surface area contributed by atoms with Gasteiger partial charge in [-0.1, -0.05) is 36.0 Å². The molecular weight excluding hydrogens is 468 g/mol. The minimum Gasteiger partial charge on any atom is -0.503 e. The van der Waals surface area contributed by atoms with Crippen LogP contribution in [0.3, 0.4) is 0 Å². The highest BCUT2D eigenvalue weighted by molar-refractivity contribution is 9.10. The van der Waals surface area contributed by atoms with Gasteiger partial charge in [-0.2, -0.15) is 4.98 Å². The van der Waals surface area contributed by atoms with Crippen molar-refractivity contribution in [3.05, 3.63) is 59.1 Å². The van der Waals surface area contributed by atoms with Crippen LogP contribution in [0.25, 0.3) is 11.3 Å². The molecule has 1 aromatic heterocycles. The van der Waals surface area contributed by atoms with Crippen LogP contribution in [0, 0.1) is 0 Å². The molecule has 0 unspecified atom stereocenters. The summed E-state index contributed by atoms with van der Waals surface area (Å²) in [5.41, 5.74) is 3.00. The van der Waals surface area contributed by atoms with Crippen molar-refractivity contribution in [1.82, 2.24) is 15.2 Å². The van der Waals surface area contributed by atoms with Gasteiger partial charge in [0.2, 0.25) is 11.0 Å². The number of phenolic OH excluding ortho intramolecular Hbond substituents is 1. The molecule has 0 radical (unpaired) electrons. The molecule has 0 saturated heterocycles. The first-order valence-corrected chi connectivity index (χ1v) is 11.0. The van der Waals surface area contributed by atoms with E-state index in [0.717, 1.165) is 16.8 Å². The van der Waals surface area contributed by atoms with E-state index in [9.17, 15) is 5.11 Å². The molecule has 3 aromatic rings. The van der Waals surface area contributed by atoms with Gasteiger partial charge in [-0.15, -0.1) is 16.8 Å². The number of benzene rings is 2. The molecule has 0 saturated carbocycles. The monoisotopic (exact) mass is 486 g/mol. The third-order valence-corrected chi connectivity index (χ3v) is 5.76. The van der Waals surface area contributed by atoms with Gasteiger partial charge >= 0.3 is 0 Å². The molecule has 0 fully saturated rings. The summed E-state index contributed by atoms with van der Waals surface area (Å²) in [6.07, 6.45) is 1.20. The van der Waals surface area contributed by atoms with Crippen LogP contribution in [-0.4, -0.2) is 32.6 Å². The first-order valence-electron chi connectivity index (χ1n) is 9.27. The fourth-order valence-corrected chi connectivity index (χ4v) is 3.98. The Morgan fingerprint density at radius 2 is 2.17 bits per heavy atom. The van der Waals surface area contributed by atoms with Gasteiger partial charge in [0.05, 0.1) is 11.1 Å². The van der Waals surface area contributed by atoms with Gasteiger partial charge in [0.1, 0.15) is 0 Å². The maximum atomic E-state index is 10.3. The Bertz CT molecular complexity index is 1100. The number of anilines is 1. The number of phenols is 1. The Kier molecular flexibility index (Phi) is 6.10. The molecule has 4 rings (SSSR count). The number of halogens is 1. The number of aromatic nitrogens is 3. The molecule has 0 spiro atoms. The highest BCUT2D eigenvalue weighted by atomic mass is 79.9. The number of hydrogen-bond acceptors (Lipinski definition) is 8. The summed E-state index contributed by atoms with van der Waals surface area (Å²) in [4.78, 5) is 4.57. The van der Waals surface area contributed by atoms with Crippen LogP contribution in [0.15, 0.2) is 58.7 Å². The molecule has 9 heteroatoms. The molecule has 7 nitrogen and oxygen atoms in total. The van der Waals surface area contributed by atoms with Gasteiger partial charge in [-0.25, -0.2) is 0 Å². The second-order valence-corrected chi connectivity index (χ2v) is 8.16. The van der Waals surface area contributed by atoms with Crippen molar-refractivity contribution in [1.29, 1.82) is 0 Å². The van der Waals surface area contributed by atoms with Crippen molar-refractivity contribution in [3.8, 4) is 28.6 Å². The molecular formula is C21H19BrN4O3S. The Balaban J connectivity index is 1.80. The SMILES string of the molecule is C=CCSc1nnc2c(n1)O[C@@H](c1cc(Br)c(O)c(OCC)c1)Nc1ccccc1-2. The number of para-hydroxylation sites is 1. The van der Waals surface area contributed by atoms with E-state index in [1.54, 1.807) is 18.2 Å². The lowest BCUT2D eigenvalue weighted by molar-refractivity contribution is 0.224. The fourth-order valence-electron chi connectivity index (χ4n) is 3.00. The predicted octanol–water partition coefficient (Wildman–Crippen LogP) is 5.19.